The van der Waals surface area contributed by atoms with E-state index in [2.05, 4.69) is 15.7 Å². The highest BCUT2D eigenvalue weighted by atomic mass is 16.6. The van der Waals surface area contributed by atoms with Gasteiger partial charge in [-0.25, -0.2) is 4.79 Å². The molecule has 134 valence electrons. The van der Waals surface area contributed by atoms with Crippen molar-refractivity contribution >= 4 is 17.8 Å². The zero-order chi connectivity index (χ0) is 18.4. The molecule has 0 saturated carbocycles. The van der Waals surface area contributed by atoms with E-state index in [0.717, 1.165) is 5.56 Å². The molecule has 7 heteroatoms. The number of nitrogens with one attached hydrogen (secondary N) is 2. The fourth-order valence-electron chi connectivity index (χ4n) is 2.20. The van der Waals surface area contributed by atoms with Gasteiger partial charge in [-0.05, 0) is 26.3 Å². The van der Waals surface area contributed by atoms with Gasteiger partial charge in [-0.1, -0.05) is 30.3 Å². The summed E-state index contributed by atoms with van der Waals surface area (Å²) in [5.74, 6) is 0.0740. The molecule has 0 aliphatic heterocycles. The molecule has 0 bridgehead atoms. The predicted octanol–water partition coefficient (Wildman–Crippen LogP) is 2.49. The smallest absolute Gasteiger partial charge is 0.408 e. The van der Waals surface area contributed by atoms with Crippen molar-refractivity contribution in [1.29, 1.82) is 0 Å². The molecule has 1 aromatic carbocycles. The van der Waals surface area contributed by atoms with Gasteiger partial charge in [0.15, 0.2) is 5.82 Å². The summed E-state index contributed by atoms with van der Waals surface area (Å²) in [5, 5.41) is 9.47. The van der Waals surface area contributed by atoms with E-state index in [1.165, 1.54) is 0 Å². The first-order valence-electron chi connectivity index (χ1n) is 8.07. The fourth-order valence-corrected chi connectivity index (χ4v) is 2.20. The molecule has 1 atom stereocenters. The minimum Gasteiger partial charge on any atom is -0.444 e. The van der Waals surface area contributed by atoms with Crippen LogP contribution in [0.4, 0.5) is 10.6 Å². The van der Waals surface area contributed by atoms with E-state index in [1.807, 2.05) is 30.3 Å². The molecule has 1 unspecified atom stereocenters. The van der Waals surface area contributed by atoms with Gasteiger partial charge in [0.25, 0.3) is 0 Å². The first-order valence-corrected chi connectivity index (χ1v) is 8.07. The Bertz CT molecular complexity index is 719. The van der Waals surface area contributed by atoms with Crippen LogP contribution in [-0.2, 0) is 23.0 Å². The maximum atomic E-state index is 12.6. The van der Waals surface area contributed by atoms with Gasteiger partial charge in [-0.3, -0.25) is 9.48 Å². The first kappa shape index (κ1) is 18.5. The summed E-state index contributed by atoms with van der Waals surface area (Å²) < 4.78 is 6.85. The molecule has 0 aliphatic carbocycles. The van der Waals surface area contributed by atoms with E-state index in [9.17, 15) is 9.59 Å². The van der Waals surface area contributed by atoms with Crippen LogP contribution in [0.3, 0.4) is 0 Å². The summed E-state index contributed by atoms with van der Waals surface area (Å²) in [6.07, 6.45) is 1.44. The summed E-state index contributed by atoms with van der Waals surface area (Å²) in [6, 6.07) is 10.4. The Kier molecular flexibility index (Phi) is 5.80. The number of alkyl carbamates (subject to hydrolysis) is 1. The minimum atomic E-state index is -0.778. The number of anilines is 1. The first-order chi connectivity index (χ1) is 11.7. The normalized spacial score (nSPS) is 12.3. The number of aryl methyl sites for hydroxylation is 1. The third-order valence-electron chi connectivity index (χ3n) is 3.25. The molecule has 2 rings (SSSR count). The molecular formula is C18H24N4O3. The molecule has 25 heavy (non-hydrogen) atoms. The zero-order valence-corrected chi connectivity index (χ0v) is 14.9. The molecular weight excluding hydrogens is 320 g/mol. The van der Waals surface area contributed by atoms with Crippen LogP contribution in [0.15, 0.2) is 42.6 Å². The van der Waals surface area contributed by atoms with E-state index in [1.54, 1.807) is 44.8 Å². The fraction of sp³-hybridized carbons (Fsp3) is 0.389. The molecule has 0 radical (unpaired) electrons. The molecule has 1 heterocycles. The van der Waals surface area contributed by atoms with Crippen LogP contribution in [0.5, 0.6) is 0 Å². The molecule has 0 aliphatic rings. The van der Waals surface area contributed by atoms with Gasteiger partial charge < -0.3 is 15.4 Å². The predicted molar refractivity (Wildman–Crippen MR) is 95.1 cm³/mol. The quantitative estimate of drug-likeness (QED) is 0.873. The highest BCUT2D eigenvalue weighted by molar-refractivity contribution is 5.96. The van der Waals surface area contributed by atoms with Crippen molar-refractivity contribution in [2.45, 2.75) is 38.8 Å². The van der Waals surface area contributed by atoms with Crippen LogP contribution in [0, 0.1) is 0 Å². The number of carbonyl (C=O) groups is 2. The third kappa shape index (κ3) is 6.29. The number of hydrogen-bond donors (Lipinski definition) is 2. The molecule has 0 saturated heterocycles. The van der Waals surface area contributed by atoms with Crippen LogP contribution >= 0.6 is 0 Å². The maximum absolute atomic E-state index is 12.6. The van der Waals surface area contributed by atoms with Gasteiger partial charge in [-0.15, -0.1) is 0 Å². The van der Waals surface area contributed by atoms with Crippen LogP contribution < -0.4 is 10.6 Å². The van der Waals surface area contributed by atoms with Crippen LogP contribution in [0.25, 0.3) is 0 Å². The maximum Gasteiger partial charge on any atom is 0.408 e. The van der Waals surface area contributed by atoms with Gasteiger partial charge in [0, 0.05) is 25.7 Å². The highest BCUT2D eigenvalue weighted by Crippen LogP contribution is 2.10. The van der Waals surface area contributed by atoms with Crippen molar-refractivity contribution < 1.29 is 14.3 Å². The monoisotopic (exact) mass is 344 g/mol. The topological polar surface area (TPSA) is 85.2 Å². The zero-order valence-electron chi connectivity index (χ0n) is 14.9. The van der Waals surface area contributed by atoms with Crippen molar-refractivity contribution in [2.75, 3.05) is 5.32 Å². The Labute approximate surface area is 147 Å². The van der Waals surface area contributed by atoms with Crippen LogP contribution in [0.1, 0.15) is 26.3 Å². The lowest BCUT2D eigenvalue weighted by Gasteiger charge is -2.23. The van der Waals surface area contributed by atoms with Gasteiger partial charge in [0.2, 0.25) is 5.91 Å². The standard InChI is InChI=1S/C18H24N4O3/c1-18(2,3)25-17(24)19-14(12-13-8-6-5-7-9-13)16(23)20-15-10-11-22(4)21-15/h5-11,14H,12H2,1-4H3,(H,19,24)(H,20,21,23). The second-order valence-corrected chi connectivity index (χ2v) is 6.75. The van der Waals surface area contributed by atoms with Crippen LogP contribution in [0.2, 0.25) is 0 Å². The van der Waals surface area contributed by atoms with Crippen molar-refractivity contribution in [3.63, 3.8) is 0 Å². The highest BCUT2D eigenvalue weighted by Gasteiger charge is 2.25. The van der Waals surface area contributed by atoms with E-state index in [0.29, 0.717) is 12.2 Å². The number of benzene rings is 1. The summed E-state index contributed by atoms with van der Waals surface area (Å²) in [6.45, 7) is 5.31. The van der Waals surface area contributed by atoms with E-state index in [-0.39, 0.29) is 5.91 Å². The second-order valence-electron chi connectivity index (χ2n) is 6.75. The van der Waals surface area contributed by atoms with E-state index >= 15 is 0 Å². The summed E-state index contributed by atoms with van der Waals surface area (Å²) in [4.78, 5) is 24.7. The lowest BCUT2D eigenvalue weighted by Crippen LogP contribution is -2.47. The number of ether oxygens (including phenoxy) is 1. The third-order valence-corrected chi connectivity index (χ3v) is 3.25. The van der Waals surface area contributed by atoms with Crippen molar-refractivity contribution in [2.24, 2.45) is 7.05 Å². The Balaban J connectivity index is 2.10. The number of nitrogens with zero attached hydrogens (tertiary/aromatic N) is 2. The van der Waals surface area contributed by atoms with Gasteiger partial charge in [0.1, 0.15) is 11.6 Å². The summed E-state index contributed by atoms with van der Waals surface area (Å²) in [5.41, 5.74) is 0.290. The Morgan fingerprint density at radius 2 is 1.88 bits per heavy atom. The molecule has 2 aromatic rings. The molecule has 2 N–H and O–H groups in total. The van der Waals surface area contributed by atoms with Gasteiger partial charge in [0.05, 0.1) is 0 Å². The Morgan fingerprint density at radius 1 is 1.20 bits per heavy atom. The van der Waals surface area contributed by atoms with Gasteiger partial charge >= 0.3 is 6.09 Å². The molecule has 1 aromatic heterocycles. The van der Waals surface area contributed by atoms with E-state index in [4.69, 9.17) is 4.74 Å². The molecule has 0 fully saturated rings. The van der Waals surface area contributed by atoms with Crippen molar-refractivity contribution in [1.82, 2.24) is 15.1 Å². The molecule has 2 amide bonds. The average Bonchev–Trinajstić information content (AvgIpc) is 2.91. The average molecular weight is 344 g/mol. The van der Waals surface area contributed by atoms with Crippen LogP contribution in [-0.4, -0.2) is 33.4 Å². The number of amides is 2. The Morgan fingerprint density at radius 3 is 2.44 bits per heavy atom. The molecule has 7 nitrogen and oxygen atoms in total. The number of aromatic nitrogens is 2. The lowest BCUT2D eigenvalue weighted by atomic mass is 10.1. The minimum absolute atomic E-state index is 0.346. The second kappa shape index (κ2) is 7.83. The van der Waals surface area contributed by atoms with Crippen molar-refractivity contribution in [3.8, 4) is 0 Å². The number of carbonyl (C=O) groups excluding carboxylic acids is 2. The largest absolute Gasteiger partial charge is 0.444 e. The van der Waals surface area contributed by atoms with Crippen molar-refractivity contribution in [3.05, 3.63) is 48.2 Å². The Hall–Kier alpha value is -2.83. The lowest BCUT2D eigenvalue weighted by molar-refractivity contribution is -0.118. The number of hydrogen-bond acceptors (Lipinski definition) is 4. The number of rotatable bonds is 5. The summed E-state index contributed by atoms with van der Waals surface area (Å²) >= 11 is 0. The van der Waals surface area contributed by atoms with Gasteiger partial charge in [-0.2, -0.15) is 5.10 Å². The SMILES string of the molecule is Cn1ccc(NC(=O)C(Cc2ccccc2)NC(=O)OC(C)(C)C)n1. The van der Waals surface area contributed by atoms with E-state index < -0.39 is 17.7 Å². The summed E-state index contributed by atoms with van der Waals surface area (Å²) in [7, 11) is 1.76. The molecule has 0 spiro atoms.